The summed E-state index contributed by atoms with van der Waals surface area (Å²) in [5.74, 6) is 0.0226. The molecule has 0 radical (unpaired) electrons. The highest BCUT2D eigenvalue weighted by Crippen LogP contribution is 2.27. The summed E-state index contributed by atoms with van der Waals surface area (Å²) in [5.41, 5.74) is 1.64. The first kappa shape index (κ1) is 15.5. The Morgan fingerprint density at radius 3 is 2.48 bits per heavy atom. The van der Waals surface area contributed by atoms with E-state index in [1.165, 1.54) is 0 Å². The fourth-order valence-electron chi connectivity index (χ4n) is 2.44. The molecule has 0 aliphatic heterocycles. The smallest absolute Gasteiger partial charge is 0.251 e. The van der Waals surface area contributed by atoms with E-state index in [1.54, 1.807) is 24.1 Å². The molecular formula is C16H22N2O3. The number of amides is 2. The van der Waals surface area contributed by atoms with Gasteiger partial charge < -0.3 is 15.3 Å². The standard InChI is InChI=1S/C16H22N2O3/c1-11-3-5-13(6-4-11)16(21)17-9-15(20)18(2)10-12-7-14(19)8-12/h3-6,12,14,19H,7-10H2,1-2H3,(H,17,21). The third kappa shape index (κ3) is 4.29. The lowest BCUT2D eigenvalue weighted by atomic mass is 9.82. The molecule has 114 valence electrons. The van der Waals surface area contributed by atoms with Crippen LogP contribution in [0.2, 0.25) is 0 Å². The Hall–Kier alpha value is -1.88. The van der Waals surface area contributed by atoms with E-state index in [9.17, 15) is 14.7 Å². The van der Waals surface area contributed by atoms with Gasteiger partial charge >= 0.3 is 0 Å². The number of likely N-dealkylation sites (N-methyl/N-ethyl adjacent to an activating group) is 1. The van der Waals surface area contributed by atoms with Crippen LogP contribution in [0.5, 0.6) is 0 Å². The van der Waals surface area contributed by atoms with E-state index in [-0.39, 0.29) is 24.5 Å². The highest BCUT2D eigenvalue weighted by atomic mass is 16.3. The zero-order chi connectivity index (χ0) is 15.4. The molecule has 1 aromatic carbocycles. The summed E-state index contributed by atoms with van der Waals surface area (Å²) < 4.78 is 0. The molecule has 2 amide bonds. The first-order valence-electron chi connectivity index (χ1n) is 7.22. The summed E-state index contributed by atoms with van der Waals surface area (Å²) >= 11 is 0. The van der Waals surface area contributed by atoms with Crippen molar-refractivity contribution < 1.29 is 14.7 Å². The molecule has 0 atom stereocenters. The predicted molar refractivity (Wildman–Crippen MR) is 79.9 cm³/mol. The van der Waals surface area contributed by atoms with Crippen molar-refractivity contribution in [2.45, 2.75) is 25.9 Å². The summed E-state index contributed by atoms with van der Waals surface area (Å²) in [4.78, 5) is 25.5. The summed E-state index contributed by atoms with van der Waals surface area (Å²) in [6.45, 7) is 2.59. The summed E-state index contributed by atoms with van der Waals surface area (Å²) in [6.07, 6.45) is 1.31. The second-order valence-corrected chi connectivity index (χ2v) is 5.81. The Morgan fingerprint density at radius 2 is 1.90 bits per heavy atom. The van der Waals surface area contributed by atoms with Gasteiger partial charge in [0.15, 0.2) is 0 Å². The number of rotatable bonds is 5. The number of carbonyl (C=O) groups is 2. The molecule has 1 fully saturated rings. The quantitative estimate of drug-likeness (QED) is 0.848. The normalized spacial score (nSPS) is 20.5. The minimum absolute atomic E-state index is 0.00150. The van der Waals surface area contributed by atoms with Gasteiger partial charge in [-0.1, -0.05) is 17.7 Å². The highest BCUT2D eigenvalue weighted by molar-refractivity contribution is 5.96. The maximum Gasteiger partial charge on any atom is 0.251 e. The van der Waals surface area contributed by atoms with Gasteiger partial charge in [0.25, 0.3) is 5.91 Å². The van der Waals surface area contributed by atoms with Crippen molar-refractivity contribution in [2.24, 2.45) is 5.92 Å². The number of aliphatic hydroxyl groups excluding tert-OH is 1. The Labute approximate surface area is 125 Å². The van der Waals surface area contributed by atoms with Crippen LogP contribution in [0.25, 0.3) is 0 Å². The van der Waals surface area contributed by atoms with Crippen LogP contribution >= 0.6 is 0 Å². The molecule has 0 saturated heterocycles. The zero-order valence-corrected chi connectivity index (χ0v) is 12.5. The van der Waals surface area contributed by atoms with Crippen molar-refractivity contribution in [3.8, 4) is 0 Å². The van der Waals surface area contributed by atoms with Crippen molar-refractivity contribution in [3.63, 3.8) is 0 Å². The third-order valence-corrected chi connectivity index (χ3v) is 3.88. The first-order valence-corrected chi connectivity index (χ1v) is 7.22. The first-order chi connectivity index (χ1) is 9.95. The molecule has 1 saturated carbocycles. The Bertz CT molecular complexity index is 507. The average molecular weight is 290 g/mol. The molecule has 5 heteroatoms. The molecule has 0 unspecified atom stereocenters. The van der Waals surface area contributed by atoms with Gasteiger partial charge in [-0.05, 0) is 37.8 Å². The lowest BCUT2D eigenvalue weighted by Gasteiger charge is -2.34. The van der Waals surface area contributed by atoms with Crippen LogP contribution < -0.4 is 5.32 Å². The zero-order valence-electron chi connectivity index (χ0n) is 12.5. The van der Waals surface area contributed by atoms with Gasteiger partial charge in [-0.3, -0.25) is 9.59 Å². The Morgan fingerprint density at radius 1 is 1.29 bits per heavy atom. The molecule has 21 heavy (non-hydrogen) atoms. The van der Waals surface area contributed by atoms with Gasteiger partial charge in [-0.25, -0.2) is 0 Å². The topological polar surface area (TPSA) is 69.6 Å². The second-order valence-electron chi connectivity index (χ2n) is 5.81. The van der Waals surface area contributed by atoms with E-state index in [0.717, 1.165) is 18.4 Å². The SMILES string of the molecule is Cc1ccc(C(=O)NCC(=O)N(C)CC2CC(O)C2)cc1. The van der Waals surface area contributed by atoms with E-state index < -0.39 is 0 Å². The van der Waals surface area contributed by atoms with E-state index in [4.69, 9.17) is 0 Å². The van der Waals surface area contributed by atoms with Crippen LogP contribution in [-0.2, 0) is 4.79 Å². The van der Waals surface area contributed by atoms with Crippen molar-refractivity contribution >= 4 is 11.8 Å². The maximum absolute atomic E-state index is 11.9. The predicted octanol–water partition coefficient (Wildman–Crippen LogP) is 0.954. The Balaban J connectivity index is 1.75. The van der Waals surface area contributed by atoms with Gasteiger partial charge in [0.2, 0.25) is 5.91 Å². The molecule has 5 nitrogen and oxygen atoms in total. The van der Waals surface area contributed by atoms with Gasteiger partial charge in [0.1, 0.15) is 0 Å². The Kier molecular flexibility index (Phi) is 4.96. The number of carbonyl (C=O) groups excluding carboxylic acids is 2. The number of hydrogen-bond acceptors (Lipinski definition) is 3. The average Bonchev–Trinajstić information content (AvgIpc) is 2.43. The number of aliphatic hydroxyl groups is 1. The molecule has 0 heterocycles. The summed E-state index contributed by atoms with van der Waals surface area (Å²) in [6, 6.07) is 7.22. The van der Waals surface area contributed by atoms with Gasteiger partial charge in [0.05, 0.1) is 12.6 Å². The number of benzene rings is 1. The minimum Gasteiger partial charge on any atom is -0.393 e. The number of nitrogens with zero attached hydrogens (tertiary/aromatic N) is 1. The minimum atomic E-state index is -0.240. The molecular weight excluding hydrogens is 268 g/mol. The fourth-order valence-corrected chi connectivity index (χ4v) is 2.44. The number of hydrogen-bond donors (Lipinski definition) is 2. The monoisotopic (exact) mass is 290 g/mol. The maximum atomic E-state index is 11.9. The van der Waals surface area contributed by atoms with Crippen molar-refractivity contribution in [1.82, 2.24) is 10.2 Å². The molecule has 0 aromatic heterocycles. The van der Waals surface area contributed by atoms with Crippen LogP contribution in [0.15, 0.2) is 24.3 Å². The van der Waals surface area contributed by atoms with E-state index in [1.807, 2.05) is 19.1 Å². The summed E-state index contributed by atoms with van der Waals surface area (Å²) in [5, 5.41) is 11.9. The molecule has 0 bridgehead atoms. The molecule has 1 aromatic rings. The summed E-state index contributed by atoms with van der Waals surface area (Å²) in [7, 11) is 1.73. The number of aryl methyl sites for hydroxylation is 1. The largest absolute Gasteiger partial charge is 0.393 e. The van der Waals surface area contributed by atoms with Gasteiger partial charge in [0, 0.05) is 19.2 Å². The van der Waals surface area contributed by atoms with E-state index in [2.05, 4.69) is 5.32 Å². The fraction of sp³-hybridized carbons (Fsp3) is 0.500. The van der Waals surface area contributed by atoms with Crippen LogP contribution in [0.4, 0.5) is 0 Å². The lowest BCUT2D eigenvalue weighted by Crippen LogP contribution is -2.43. The molecule has 2 N–H and O–H groups in total. The van der Waals surface area contributed by atoms with Gasteiger partial charge in [-0.2, -0.15) is 0 Å². The molecule has 2 rings (SSSR count). The lowest BCUT2D eigenvalue weighted by molar-refractivity contribution is -0.130. The molecule has 1 aliphatic carbocycles. The second kappa shape index (κ2) is 6.72. The van der Waals surface area contributed by atoms with Crippen LogP contribution in [0.3, 0.4) is 0 Å². The molecule has 1 aliphatic rings. The van der Waals surface area contributed by atoms with Crippen LogP contribution in [0, 0.1) is 12.8 Å². The number of nitrogens with one attached hydrogen (secondary N) is 1. The van der Waals surface area contributed by atoms with Crippen molar-refractivity contribution in [3.05, 3.63) is 35.4 Å². The molecule has 0 spiro atoms. The van der Waals surface area contributed by atoms with Crippen LogP contribution in [0.1, 0.15) is 28.8 Å². The van der Waals surface area contributed by atoms with Crippen molar-refractivity contribution in [1.29, 1.82) is 0 Å². The van der Waals surface area contributed by atoms with Gasteiger partial charge in [-0.15, -0.1) is 0 Å². The van der Waals surface area contributed by atoms with Crippen molar-refractivity contribution in [2.75, 3.05) is 20.1 Å². The van der Waals surface area contributed by atoms with Crippen LogP contribution in [-0.4, -0.2) is 48.1 Å². The van der Waals surface area contributed by atoms with E-state index >= 15 is 0 Å². The van der Waals surface area contributed by atoms with E-state index in [0.29, 0.717) is 18.0 Å². The third-order valence-electron chi connectivity index (χ3n) is 3.88. The highest BCUT2D eigenvalue weighted by Gasteiger charge is 2.29.